The van der Waals surface area contributed by atoms with Crippen molar-refractivity contribution in [3.8, 4) is 5.75 Å². The van der Waals surface area contributed by atoms with E-state index in [4.69, 9.17) is 23.2 Å². The molecule has 110 valence electrons. The largest absolute Gasteiger partial charge is 0.573 e. The van der Waals surface area contributed by atoms with Crippen LogP contribution in [0.2, 0.25) is 10.0 Å². The second-order valence-corrected chi connectivity index (χ2v) is 4.84. The zero-order chi connectivity index (χ0) is 15.6. The van der Waals surface area contributed by atoms with Gasteiger partial charge in [-0.1, -0.05) is 35.3 Å². The quantitative estimate of drug-likeness (QED) is 0.728. The van der Waals surface area contributed by atoms with Crippen LogP contribution in [0.15, 0.2) is 42.5 Å². The van der Waals surface area contributed by atoms with Gasteiger partial charge in [0.25, 0.3) is 0 Å². The summed E-state index contributed by atoms with van der Waals surface area (Å²) in [5.41, 5.74) is -0.196. The average molecular weight is 335 g/mol. The van der Waals surface area contributed by atoms with E-state index in [0.29, 0.717) is 5.02 Å². The zero-order valence-electron chi connectivity index (χ0n) is 10.2. The van der Waals surface area contributed by atoms with Crippen molar-refractivity contribution in [2.45, 2.75) is 6.36 Å². The highest BCUT2D eigenvalue weighted by atomic mass is 35.5. The molecule has 2 rings (SSSR count). The summed E-state index contributed by atoms with van der Waals surface area (Å²) < 4.78 is 40.9. The number of ketones is 1. The lowest BCUT2D eigenvalue weighted by Gasteiger charge is -2.13. The van der Waals surface area contributed by atoms with Crippen LogP contribution in [0, 0.1) is 0 Å². The van der Waals surface area contributed by atoms with Gasteiger partial charge in [0.15, 0.2) is 5.78 Å². The van der Waals surface area contributed by atoms with Gasteiger partial charge in [-0.25, -0.2) is 0 Å². The molecule has 0 spiro atoms. The van der Waals surface area contributed by atoms with Gasteiger partial charge in [0.1, 0.15) is 5.75 Å². The molecule has 2 nitrogen and oxygen atoms in total. The first-order valence-corrected chi connectivity index (χ1v) is 6.38. The summed E-state index contributed by atoms with van der Waals surface area (Å²) in [6.45, 7) is 0. The number of carbonyl (C=O) groups excluding carboxylic acids is 1. The van der Waals surface area contributed by atoms with E-state index in [9.17, 15) is 18.0 Å². The molecule has 0 aliphatic carbocycles. The number of para-hydroxylation sites is 1. The smallest absolute Gasteiger partial charge is 0.405 e. The first kappa shape index (κ1) is 15.7. The van der Waals surface area contributed by atoms with Crippen molar-refractivity contribution in [2.24, 2.45) is 0 Å². The highest BCUT2D eigenvalue weighted by Crippen LogP contribution is 2.30. The van der Waals surface area contributed by atoms with Gasteiger partial charge in [-0.15, -0.1) is 13.2 Å². The Morgan fingerprint density at radius 1 is 1.00 bits per heavy atom. The third-order valence-corrected chi connectivity index (χ3v) is 3.08. The van der Waals surface area contributed by atoms with Gasteiger partial charge >= 0.3 is 6.36 Å². The minimum atomic E-state index is -4.89. The molecule has 0 bridgehead atoms. The van der Waals surface area contributed by atoms with Crippen molar-refractivity contribution in [2.75, 3.05) is 0 Å². The van der Waals surface area contributed by atoms with Crippen LogP contribution in [0.4, 0.5) is 13.2 Å². The summed E-state index contributed by atoms with van der Waals surface area (Å²) in [7, 11) is 0. The summed E-state index contributed by atoms with van der Waals surface area (Å²) in [6, 6.07) is 9.16. The topological polar surface area (TPSA) is 26.3 Å². The van der Waals surface area contributed by atoms with Crippen molar-refractivity contribution in [3.05, 3.63) is 63.6 Å². The second kappa shape index (κ2) is 5.95. The number of benzene rings is 2. The number of alkyl halides is 3. The van der Waals surface area contributed by atoms with E-state index in [0.717, 1.165) is 6.07 Å². The number of ether oxygens (including phenoxy) is 1. The third-order valence-electron chi connectivity index (χ3n) is 2.53. The SMILES string of the molecule is O=C(c1ccc(Cl)cc1Cl)c1ccccc1OC(F)(F)F. The normalized spacial score (nSPS) is 11.3. The summed E-state index contributed by atoms with van der Waals surface area (Å²) in [5.74, 6) is -1.27. The Morgan fingerprint density at radius 2 is 1.67 bits per heavy atom. The zero-order valence-corrected chi connectivity index (χ0v) is 11.8. The van der Waals surface area contributed by atoms with Crippen LogP contribution in [0.3, 0.4) is 0 Å². The number of carbonyl (C=O) groups is 1. The van der Waals surface area contributed by atoms with Gasteiger partial charge in [-0.2, -0.15) is 0 Å². The van der Waals surface area contributed by atoms with E-state index in [1.807, 2.05) is 0 Å². The minimum absolute atomic E-state index is 0.0410. The highest BCUT2D eigenvalue weighted by molar-refractivity contribution is 6.37. The first-order valence-electron chi connectivity index (χ1n) is 5.62. The third kappa shape index (κ3) is 3.89. The molecule has 0 N–H and O–H groups in total. The van der Waals surface area contributed by atoms with Crippen LogP contribution < -0.4 is 4.74 Å². The molecule has 0 atom stereocenters. The first-order chi connectivity index (χ1) is 9.78. The summed E-state index contributed by atoms with van der Waals surface area (Å²) in [4.78, 5) is 12.3. The number of hydrogen-bond donors (Lipinski definition) is 0. The lowest BCUT2D eigenvalue weighted by atomic mass is 10.0. The van der Waals surface area contributed by atoms with E-state index in [2.05, 4.69) is 4.74 Å². The molecule has 0 aliphatic rings. The van der Waals surface area contributed by atoms with Gasteiger partial charge in [-0.3, -0.25) is 4.79 Å². The fourth-order valence-corrected chi connectivity index (χ4v) is 2.18. The summed E-state index contributed by atoms with van der Waals surface area (Å²) in [6.07, 6.45) is -4.89. The Labute approximate surface area is 128 Å². The predicted octanol–water partition coefficient (Wildman–Crippen LogP) is 5.12. The molecule has 2 aromatic rings. The van der Waals surface area contributed by atoms with Crippen molar-refractivity contribution in [1.82, 2.24) is 0 Å². The molecule has 0 saturated heterocycles. The van der Waals surface area contributed by atoms with E-state index >= 15 is 0 Å². The molecule has 0 aromatic heterocycles. The van der Waals surface area contributed by atoms with Crippen LogP contribution in [0.25, 0.3) is 0 Å². The predicted molar refractivity (Wildman–Crippen MR) is 73.0 cm³/mol. The lowest BCUT2D eigenvalue weighted by Crippen LogP contribution is -2.19. The van der Waals surface area contributed by atoms with Crippen molar-refractivity contribution in [1.29, 1.82) is 0 Å². The fraction of sp³-hybridized carbons (Fsp3) is 0.0714. The molecule has 0 heterocycles. The number of rotatable bonds is 3. The Kier molecular flexibility index (Phi) is 4.44. The molecular formula is C14H7Cl2F3O2. The second-order valence-electron chi connectivity index (χ2n) is 4.00. The van der Waals surface area contributed by atoms with Gasteiger partial charge < -0.3 is 4.74 Å². The molecule has 7 heteroatoms. The maximum Gasteiger partial charge on any atom is 0.573 e. The van der Waals surface area contributed by atoms with Crippen LogP contribution in [0.5, 0.6) is 5.75 Å². The Morgan fingerprint density at radius 3 is 2.29 bits per heavy atom. The summed E-state index contributed by atoms with van der Waals surface area (Å²) >= 11 is 11.6. The Bertz CT molecular complexity index is 684. The lowest BCUT2D eigenvalue weighted by molar-refractivity contribution is -0.274. The number of halogens is 5. The molecular weight excluding hydrogens is 328 g/mol. The van der Waals surface area contributed by atoms with Crippen molar-refractivity contribution < 1.29 is 22.7 Å². The molecule has 0 aliphatic heterocycles. The van der Waals surface area contributed by atoms with Crippen LogP contribution in [0.1, 0.15) is 15.9 Å². The standard InChI is InChI=1S/C14H7Cl2F3O2/c15-8-5-6-9(11(16)7-8)13(20)10-3-1-2-4-12(10)21-14(17,18)19/h1-7H. The minimum Gasteiger partial charge on any atom is -0.405 e. The van der Waals surface area contributed by atoms with E-state index in [-0.39, 0.29) is 16.1 Å². The molecule has 0 saturated carbocycles. The van der Waals surface area contributed by atoms with Crippen LogP contribution in [-0.4, -0.2) is 12.1 Å². The molecule has 0 fully saturated rings. The molecule has 0 amide bonds. The summed E-state index contributed by atoms with van der Waals surface area (Å²) in [5, 5.41) is 0.366. The number of hydrogen-bond acceptors (Lipinski definition) is 2. The highest BCUT2D eigenvalue weighted by Gasteiger charge is 2.33. The Balaban J connectivity index is 2.44. The van der Waals surface area contributed by atoms with E-state index < -0.39 is 17.9 Å². The molecule has 2 aromatic carbocycles. The van der Waals surface area contributed by atoms with Crippen molar-refractivity contribution >= 4 is 29.0 Å². The van der Waals surface area contributed by atoms with Gasteiger partial charge in [-0.05, 0) is 30.3 Å². The van der Waals surface area contributed by atoms with E-state index in [1.54, 1.807) is 0 Å². The molecule has 0 radical (unpaired) electrons. The van der Waals surface area contributed by atoms with Gasteiger partial charge in [0.05, 0.1) is 10.6 Å². The maximum absolute atomic E-state index is 12.3. The van der Waals surface area contributed by atoms with Crippen LogP contribution >= 0.6 is 23.2 Å². The monoisotopic (exact) mass is 334 g/mol. The fourth-order valence-electron chi connectivity index (χ4n) is 1.69. The van der Waals surface area contributed by atoms with Crippen LogP contribution in [-0.2, 0) is 0 Å². The molecule has 21 heavy (non-hydrogen) atoms. The van der Waals surface area contributed by atoms with Gasteiger partial charge in [0, 0.05) is 10.6 Å². The molecule has 0 unspecified atom stereocenters. The van der Waals surface area contributed by atoms with Crippen molar-refractivity contribution in [3.63, 3.8) is 0 Å². The van der Waals surface area contributed by atoms with E-state index in [1.165, 1.54) is 36.4 Å². The maximum atomic E-state index is 12.3. The Hall–Kier alpha value is -1.72. The average Bonchev–Trinajstić information content (AvgIpc) is 2.36. The van der Waals surface area contributed by atoms with Gasteiger partial charge in [0.2, 0.25) is 0 Å².